The van der Waals surface area contributed by atoms with Crippen LogP contribution >= 0.6 is 0 Å². The molecule has 3 nitrogen and oxygen atoms in total. The van der Waals surface area contributed by atoms with Crippen molar-refractivity contribution in [2.75, 3.05) is 39.3 Å². The molecule has 3 rings (SSSR count). The lowest BCUT2D eigenvalue weighted by Crippen LogP contribution is -2.48. The van der Waals surface area contributed by atoms with Crippen LogP contribution in [0.15, 0.2) is 0 Å². The quantitative estimate of drug-likeness (QED) is 0.818. The van der Waals surface area contributed by atoms with Crippen molar-refractivity contribution >= 4 is 0 Å². The molecule has 0 aromatic heterocycles. The lowest BCUT2D eigenvalue weighted by atomic mass is 9.92. The molecular formula is C15H29N3. The first kappa shape index (κ1) is 12.9. The van der Waals surface area contributed by atoms with Gasteiger partial charge in [0.05, 0.1) is 0 Å². The fraction of sp³-hybridized carbons (Fsp3) is 1.00. The normalized spacial score (nSPS) is 39.3. The summed E-state index contributed by atoms with van der Waals surface area (Å²) in [5.74, 6) is 1.89. The van der Waals surface area contributed by atoms with E-state index in [1.165, 1.54) is 58.5 Å². The van der Waals surface area contributed by atoms with E-state index >= 15 is 0 Å². The second-order valence-corrected chi connectivity index (χ2v) is 6.42. The van der Waals surface area contributed by atoms with Crippen molar-refractivity contribution < 1.29 is 0 Å². The monoisotopic (exact) mass is 251 g/mol. The summed E-state index contributed by atoms with van der Waals surface area (Å²) < 4.78 is 0. The van der Waals surface area contributed by atoms with E-state index in [1.54, 1.807) is 0 Å². The van der Waals surface area contributed by atoms with Gasteiger partial charge in [-0.25, -0.2) is 0 Å². The Morgan fingerprint density at radius 1 is 1.11 bits per heavy atom. The van der Waals surface area contributed by atoms with Crippen LogP contribution in [-0.4, -0.2) is 61.2 Å². The molecule has 0 aromatic rings. The van der Waals surface area contributed by atoms with Crippen LogP contribution < -0.4 is 5.32 Å². The van der Waals surface area contributed by atoms with Crippen molar-refractivity contribution in [2.45, 2.75) is 45.2 Å². The van der Waals surface area contributed by atoms with Gasteiger partial charge in [0.25, 0.3) is 0 Å². The summed E-state index contributed by atoms with van der Waals surface area (Å²) in [6, 6.07) is 1.74. The predicted octanol–water partition coefficient (Wildman–Crippen LogP) is 1.40. The summed E-state index contributed by atoms with van der Waals surface area (Å²) in [5.41, 5.74) is 0. The van der Waals surface area contributed by atoms with Gasteiger partial charge in [0, 0.05) is 18.6 Å². The molecule has 104 valence electrons. The number of fused-ring (bicyclic) bond motifs is 1. The molecule has 3 heterocycles. The average Bonchev–Trinajstić information content (AvgIpc) is 2.98. The number of rotatable bonds is 3. The number of likely N-dealkylation sites (tertiary alicyclic amines) is 2. The number of nitrogens with zero attached hydrogens (tertiary/aromatic N) is 2. The third-order valence-corrected chi connectivity index (χ3v) is 5.65. The van der Waals surface area contributed by atoms with Gasteiger partial charge < -0.3 is 10.2 Å². The lowest BCUT2D eigenvalue weighted by molar-refractivity contribution is 0.0893. The van der Waals surface area contributed by atoms with Gasteiger partial charge in [0.1, 0.15) is 0 Å². The summed E-state index contributed by atoms with van der Waals surface area (Å²) in [6.07, 6.45) is 4.14. The molecule has 0 aromatic carbocycles. The molecule has 1 N–H and O–H groups in total. The SMILES string of the molecule is CCC1C2CNCC2CN1C1CCN(CC)CC1. The Balaban J connectivity index is 1.62. The van der Waals surface area contributed by atoms with E-state index in [1.807, 2.05) is 0 Å². The standard InChI is InChI=1S/C15H29N3/c1-3-15-14-10-16-9-12(14)11-18(15)13-5-7-17(4-2)8-6-13/h12-16H,3-11H2,1-2H3. The average molecular weight is 251 g/mol. The van der Waals surface area contributed by atoms with Crippen LogP contribution in [0.5, 0.6) is 0 Å². The predicted molar refractivity (Wildman–Crippen MR) is 75.8 cm³/mol. The minimum Gasteiger partial charge on any atom is -0.316 e. The van der Waals surface area contributed by atoms with Gasteiger partial charge >= 0.3 is 0 Å². The molecule has 0 radical (unpaired) electrons. The summed E-state index contributed by atoms with van der Waals surface area (Å²) in [4.78, 5) is 5.50. The van der Waals surface area contributed by atoms with Crippen LogP contribution in [-0.2, 0) is 0 Å². The molecule has 3 fully saturated rings. The molecule has 3 aliphatic heterocycles. The first-order valence-electron chi connectivity index (χ1n) is 8.02. The molecule has 3 heteroatoms. The Morgan fingerprint density at radius 2 is 1.89 bits per heavy atom. The fourth-order valence-corrected chi connectivity index (χ4v) is 4.58. The van der Waals surface area contributed by atoms with Gasteiger partial charge in [-0.2, -0.15) is 0 Å². The summed E-state index contributed by atoms with van der Waals surface area (Å²) in [7, 11) is 0. The summed E-state index contributed by atoms with van der Waals surface area (Å²) >= 11 is 0. The Bertz CT molecular complexity index is 273. The zero-order valence-corrected chi connectivity index (χ0v) is 12.1. The van der Waals surface area contributed by atoms with Gasteiger partial charge in [0.2, 0.25) is 0 Å². The van der Waals surface area contributed by atoms with Crippen LogP contribution in [0.2, 0.25) is 0 Å². The van der Waals surface area contributed by atoms with E-state index in [0.29, 0.717) is 0 Å². The van der Waals surface area contributed by atoms with Crippen molar-refractivity contribution in [3.8, 4) is 0 Å². The highest BCUT2D eigenvalue weighted by molar-refractivity contribution is 5.00. The summed E-state index contributed by atoms with van der Waals surface area (Å²) in [5, 5.41) is 3.59. The third kappa shape index (κ3) is 2.21. The molecule has 3 saturated heterocycles. The van der Waals surface area contributed by atoms with Gasteiger partial charge in [0.15, 0.2) is 0 Å². The molecule has 3 aliphatic rings. The topological polar surface area (TPSA) is 18.5 Å². The molecule has 3 unspecified atom stereocenters. The number of hydrogen-bond acceptors (Lipinski definition) is 3. The molecule has 3 atom stereocenters. The summed E-state index contributed by atoms with van der Waals surface area (Å²) in [6.45, 7) is 12.5. The van der Waals surface area contributed by atoms with Gasteiger partial charge in [-0.05, 0) is 63.8 Å². The first-order chi connectivity index (χ1) is 8.83. The van der Waals surface area contributed by atoms with E-state index in [9.17, 15) is 0 Å². The zero-order chi connectivity index (χ0) is 12.5. The highest BCUT2D eigenvalue weighted by atomic mass is 15.3. The minimum absolute atomic E-state index is 0.864. The van der Waals surface area contributed by atoms with E-state index in [4.69, 9.17) is 0 Å². The lowest BCUT2D eigenvalue weighted by Gasteiger charge is -2.40. The Labute approximate surface area is 112 Å². The maximum atomic E-state index is 3.59. The molecule has 0 aliphatic carbocycles. The number of piperidine rings is 1. The maximum Gasteiger partial charge on any atom is 0.0140 e. The van der Waals surface area contributed by atoms with Crippen LogP contribution in [0, 0.1) is 11.8 Å². The van der Waals surface area contributed by atoms with Crippen molar-refractivity contribution in [2.24, 2.45) is 11.8 Å². The van der Waals surface area contributed by atoms with Crippen molar-refractivity contribution in [1.29, 1.82) is 0 Å². The van der Waals surface area contributed by atoms with Gasteiger partial charge in [-0.1, -0.05) is 13.8 Å². The molecule has 0 bridgehead atoms. The number of hydrogen-bond donors (Lipinski definition) is 1. The molecule has 0 saturated carbocycles. The number of nitrogens with one attached hydrogen (secondary N) is 1. The van der Waals surface area contributed by atoms with Gasteiger partial charge in [-0.3, -0.25) is 4.90 Å². The molecule has 0 amide bonds. The van der Waals surface area contributed by atoms with Crippen molar-refractivity contribution in [3.63, 3.8) is 0 Å². The van der Waals surface area contributed by atoms with Gasteiger partial charge in [-0.15, -0.1) is 0 Å². The molecule has 0 spiro atoms. The van der Waals surface area contributed by atoms with E-state index in [0.717, 1.165) is 23.9 Å². The second-order valence-electron chi connectivity index (χ2n) is 6.42. The largest absolute Gasteiger partial charge is 0.316 e. The van der Waals surface area contributed by atoms with Crippen molar-refractivity contribution in [3.05, 3.63) is 0 Å². The Hall–Kier alpha value is -0.120. The zero-order valence-electron chi connectivity index (χ0n) is 12.1. The second kappa shape index (κ2) is 5.48. The third-order valence-electron chi connectivity index (χ3n) is 5.65. The highest BCUT2D eigenvalue weighted by Gasteiger charge is 2.45. The Kier molecular flexibility index (Phi) is 3.92. The first-order valence-corrected chi connectivity index (χ1v) is 8.02. The van der Waals surface area contributed by atoms with E-state index < -0.39 is 0 Å². The van der Waals surface area contributed by atoms with Crippen LogP contribution in [0.3, 0.4) is 0 Å². The minimum atomic E-state index is 0.864. The van der Waals surface area contributed by atoms with E-state index in [-0.39, 0.29) is 0 Å². The van der Waals surface area contributed by atoms with E-state index in [2.05, 4.69) is 29.0 Å². The molecular weight excluding hydrogens is 222 g/mol. The van der Waals surface area contributed by atoms with Crippen LogP contribution in [0.1, 0.15) is 33.1 Å². The van der Waals surface area contributed by atoms with Crippen LogP contribution in [0.4, 0.5) is 0 Å². The molecule has 18 heavy (non-hydrogen) atoms. The Morgan fingerprint density at radius 3 is 2.56 bits per heavy atom. The smallest absolute Gasteiger partial charge is 0.0140 e. The maximum absolute atomic E-state index is 3.59. The van der Waals surface area contributed by atoms with Crippen molar-refractivity contribution in [1.82, 2.24) is 15.1 Å². The van der Waals surface area contributed by atoms with Crippen LogP contribution in [0.25, 0.3) is 0 Å². The fourth-order valence-electron chi connectivity index (χ4n) is 4.58. The highest BCUT2D eigenvalue weighted by Crippen LogP contribution is 2.37.